The van der Waals surface area contributed by atoms with Crippen molar-refractivity contribution in [3.05, 3.63) is 35.6 Å². The van der Waals surface area contributed by atoms with E-state index in [1.54, 1.807) is 7.11 Å². The highest BCUT2D eigenvalue weighted by molar-refractivity contribution is 7.88. The molecule has 0 radical (unpaired) electrons. The summed E-state index contributed by atoms with van der Waals surface area (Å²) in [5.74, 6) is -0.547. The first-order chi connectivity index (χ1) is 9.00. The van der Waals surface area contributed by atoms with Gasteiger partial charge in [0.25, 0.3) is 0 Å². The van der Waals surface area contributed by atoms with Gasteiger partial charge < -0.3 is 10.1 Å². The highest BCUT2D eigenvalue weighted by atomic mass is 32.2. The van der Waals surface area contributed by atoms with Crippen molar-refractivity contribution in [3.8, 4) is 0 Å². The van der Waals surface area contributed by atoms with Crippen molar-refractivity contribution in [2.24, 2.45) is 0 Å². The van der Waals surface area contributed by atoms with Crippen LogP contribution in [0.1, 0.15) is 5.56 Å². The molecule has 19 heavy (non-hydrogen) atoms. The van der Waals surface area contributed by atoms with E-state index in [2.05, 4.69) is 10.0 Å². The van der Waals surface area contributed by atoms with E-state index in [1.165, 1.54) is 24.3 Å². The fraction of sp³-hybridized carbons (Fsp3) is 0.500. The normalized spacial score (nSPS) is 23.7. The Morgan fingerprint density at radius 1 is 1.37 bits per heavy atom. The summed E-state index contributed by atoms with van der Waals surface area (Å²) in [6.45, 7) is 1.17. The summed E-state index contributed by atoms with van der Waals surface area (Å²) >= 11 is 0. The van der Waals surface area contributed by atoms with E-state index in [0.29, 0.717) is 18.7 Å². The van der Waals surface area contributed by atoms with E-state index in [4.69, 9.17) is 4.74 Å². The smallest absolute Gasteiger partial charge is 0.216 e. The Balaban J connectivity index is 2.00. The summed E-state index contributed by atoms with van der Waals surface area (Å²) in [6.07, 6.45) is -0.164. The number of sulfonamides is 1. The maximum Gasteiger partial charge on any atom is 0.216 e. The molecule has 0 unspecified atom stereocenters. The lowest BCUT2D eigenvalue weighted by molar-refractivity contribution is 0.103. The second kappa shape index (κ2) is 5.96. The van der Waals surface area contributed by atoms with Crippen LogP contribution in [0.3, 0.4) is 0 Å². The van der Waals surface area contributed by atoms with Crippen LogP contribution in [-0.4, -0.2) is 40.8 Å². The summed E-state index contributed by atoms with van der Waals surface area (Å²) in [5.41, 5.74) is 0.550. The highest BCUT2D eigenvalue weighted by Crippen LogP contribution is 2.10. The van der Waals surface area contributed by atoms with Gasteiger partial charge in [-0.2, -0.15) is 0 Å². The van der Waals surface area contributed by atoms with Gasteiger partial charge in [0, 0.05) is 20.2 Å². The Morgan fingerprint density at radius 2 is 2.05 bits per heavy atom. The van der Waals surface area contributed by atoms with Crippen molar-refractivity contribution in [3.63, 3.8) is 0 Å². The second-order valence-electron chi connectivity index (χ2n) is 4.54. The van der Waals surface area contributed by atoms with Gasteiger partial charge in [-0.3, -0.25) is 0 Å². The lowest BCUT2D eigenvalue weighted by atomic mass is 10.2. The van der Waals surface area contributed by atoms with Gasteiger partial charge in [0.15, 0.2) is 0 Å². The summed E-state index contributed by atoms with van der Waals surface area (Å²) in [4.78, 5) is 0. The van der Waals surface area contributed by atoms with Gasteiger partial charge in [0.05, 0.1) is 17.9 Å². The number of benzene rings is 1. The molecule has 0 amide bonds. The van der Waals surface area contributed by atoms with Crippen LogP contribution in [0, 0.1) is 5.82 Å². The number of rotatable bonds is 5. The molecule has 1 aromatic carbocycles. The molecule has 2 N–H and O–H groups in total. The molecule has 0 aliphatic carbocycles. The molecule has 0 saturated carbocycles. The molecule has 0 bridgehead atoms. The second-order valence-corrected chi connectivity index (χ2v) is 6.30. The summed E-state index contributed by atoms with van der Waals surface area (Å²) < 4.78 is 44.6. The van der Waals surface area contributed by atoms with Gasteiger partial charge >= 0.3 is 0 Å². The maximum atomic E-state index is 12.8. The number of hydrogen-bond donors (Lipinski definition) is 2. The third-order valence-electron chi connectivity index (χ3n) is 3.06. The number of nitrogens with one attached hydrogen (secondary N) is 2. The lowest BCUT2D eigenvalue weighted by Gasteiger charge is -2.18. The van der Waals surface area contributed by atoms with E-state index >= 15 is 0 Å². The number of methoxy groups -OCH3 is 1. The minimum Gasteiger partial charge on any atom is -0.378 e. The van der Waals surface area contributed by atoms with Crippen molar-refractivity contribution in [2.45, 2.75) is 17.9 Å². The Kier molecular flexibility index (Phi) is 4.51. The zero-order valence-corrected chi connectivity index (χ0v) is 11.4. The molecule has 2 rings (SSSR count). The zero-order chi connectivity index (χ0) is 13.9. The molecule has 1 aromatic rings. The third-order valence-corrected chi connectivity index (χ3v) is 4.44. The molecule has 0 spiro atoms. The molecule has 1 saturated heterocycles. The summed E-state index contributed by atoms with van der Waals surface area (Å²) in [7, 11) is -1.91. The Hall–Kier alpha value is -1.02. The molecule has 0 aromatic heterocycles. The molecule has 5 nitrogen and oxygen atoms in total. The fourth-order valence-electron chi connectivity index (χ4n) is 2.09. The topological polar surface area (TPSA) is 67.4 Å². The van der Waals surface area contributed by atoms with Gasteiger partial charge in [-0.05, 0) is 17.7 Å². The molecule has 1 aliphatic rings. The maximum absolute atomic E-state index is 12.8. The monoisotopic (exact) mass is 288 g/mol. The van der Waals surface area contributed by atoms with Gasteiger partial charge in [-0.15, -0.1) is 0 Å². The molecule has 2 atom stereocenters. The zero-order valence-electron chi connectivity index (χ0n) is 10.6. The first-order valence-electron chi connectivity index (χ1n) is 5.98. The summed E-state index contributed by atoms with van der Waals surface area (Å²) in [5, 5.41) is 3.07. The van der Waals surface area contributed by atoms with Crippen LogP contribution in [0.5, 0.6) is 0 Å². The van der Waals surface area contributed by atoms with Crippen molar-refractivity contribution >= 4 is 10.0 Å². The third kappa shape index (κ3) is 3.97. The SMILES string of the molecule is CO[C@H]1CNC[C@@H]1NS(=O)(=O)Cc1ccc(F)cc1. The lowest BCUT2D eigenvalue weighted by Crippen LogP contribution is -2.43. The fourth-order valence-corrected chi connectivity index (χ4v) is 3.50. The predicted octanol–water partition coefficient (Wildman–Crippen LogP) is 0.232. The van der Waals surface area contributed by atoms with Crippen LogP contribution in [0.2, 0.25) is 0 Å². The minimum atomic E-state index is -3.47. The first kappa shape index (κ1) is 14.4. The van der Waals surface area contributed by atoms with Gasteiger partial charge in [-0.25, -0.2) is 17.5 Å². The van der Waals surface area contributed by atoms with Crippen molar-refractivity contribution in [1.82, 2.24) is 10.0 Å². The molecule has 1 fully saturated rings. The van der Waals surface area contributed by atoms with Crippen LogP contribution in [0.25, 0.3) is 0 Å². The number of halogens is 1. The first-order valence-corrected chi connectivity index (χ1v) is 7.63. The number of ether oxygens (including phenoxy) is 1. The molecule has 7 heteroatoms. The van der Waals surface area contributed by atoms with E-state index in [1.807, 2.05) is 0 Å². The van der Waals surface area contributed by atoms with Crippen LogP contribution in [-0.2, 0) is 20.5 Å². The van der Waals surface area contributed by atoms with Crippen molar-refractivity contribution in [2.75, 3.05) is 20.2 Å². The Labute approximate surface area is 112 Å². The molecular weight excluding hydrogens is 271 g/mol. The van der Waals surface area contributed by atoms with E-state index in [9.17, 15) is 12.8 Å². The quantitative estimate of drug-likeness (QED) is 0.814. The van der Waals surface area contributed by atoms with Crippen LogP contribution >= 0.6 is 0 Å². The van der Waals surface area contributed by atoms with E-state index < -0.39 is 10.0 Å². The van der Waals surface area contributed by atoms with Crippen molar-refractivity contribution < 1.29 is 17.5 Å². The van der Waals surface area contributed by atoms with Crippen molar-refractivity contribution in [1.29, 1.82) is 0 Å². The Morgan fingerprint density at radius 3 is 2.68 bits per heavy atom. The Bertz CT molecular complexity index is 518. The van der Waals surface area contributed by atoms with Gasteiger partial charge in [0.1, 0.15) is 5.82 Å². The standard InChI is InChI=1S/C12H17FN2O3S/c1-18-12-7-14-6-11(12)15-19(16,17)8-9-2-4-10(13)5-3-9/h2-5,11-12,14-15H,6-8H2,1H3/t11-,12-/m0/s1. The minimum absolute atomic E-state index is 0.164. The molecule has 106 valence electrons. The van der Waals surface area contributed by atoms with Crippen LogP contribution in [0.4, 0.5) is 4.39 Å². The van der Waals surface area contributed by atoms with Gasteiger partial charge in [0.2, 0.25) is 10.0 Å². The van der Waals surface area contributed by atoms with Crippen LogP contribution in [0.15, 0.2) is 24.3 Å². The highest BCUT2D eigenvalue weighted by Gasteiger charge is 2.30. The molecule has 1 heterocycles. The van der Waals surface area contributed by atoms with E-state index in [0.717, 1.165) is 0 Å². The average Bonchev–Trinajstić information content (AvgIpc) is 2.78. The summed E-state index contributed by atoms with van der Waals surface area (Å²) in [6, 6.07) is 5.17. The van der Waals surface area contributed by atoms with Crippen LogP contribution < -0.4 is 10.0 Å². The largest absolute Gasteiger partial charge is 0.378 e. The van der Waals surface area contributed by atoms with E-state index in [-0.39, 0.29) is 23.7 Å². The number of hydrogen-bond acceptors (Lipinski definition) is 4. The molecular formula is C12H17FN2O3S. The van der Waals surface area contributed by atoms with Gasteiger partial charge in [-0.1, -0.05) is 12.1 Å². The molecule has 1 aliphatic heterocycles. The predicted molar refractivity (Wildman–Crippen MR) is 69.6 cm³/mol. The average molecular weight is 288 g/mol.